The Labute approximate surface area is 100 Å². The molecule has 0 fully saturated rings. The van der Waals surface area contributed by atoms with Gasteiger partial charge in [-0.25, -0.2) is 0 Å². The summed E-state index contributed by atoms with van der Waals surface area (Å²) in [6.07, 6.45) is 0. The summed E-state index contributed by atoms with van der Waals surface area (Å²) in [5.41, 5.74) is 9.04. The van der Waals surface area contributed by atoms with Gasteiger partial charge in [0.05, 0.1) is 6.61 Å². The summed E-state index contributed by atoms with van der Waals surface area (Å²) < 4.78 is 4.91. The highest BCUT2D eigenvalue weighted by Gasteiger charge is 2.14. The molecule has 0 aliphatic rings. The van der Waals surface area contributed by atoms with Crippen LogP contribution in [0.2, 0.25) is 0 Å². The van der Waals surface area contributed by atoms with Crippen LogP contribution in [0.1, 0.15) is 21.5 Å². The number of anilines is 1. The number of methoxy groups -OCH3 is 1. The van der Waals surface area contributed by atoms with E-state index in [9.17, 15) is 4.79 Å². The van der Waals surface area contributed by atoms with Crippen molar-refractivity contribution in [1.82, 2.24) is 0 Å². The standard InChI is InChI=1S/C12H17NO2S/c1-8-4-5-10(13)9(2)11(8)12(14)16-7-6-15-3/h4-5H,6-7,13H2,1-3H3. The van der Waals surface area contributed by atoms with E-state index in [1.807, 2.05) is 26.0 Å². The molecule has 0 unspecified atom stereocenters. The predicted octanol–water partition coefficient (Wildman–Crippen LogP) is 2.41. The molecule has 0 saturated heterocycles. The molecule has 0 radical (unpaired) electrons. The summed E-state index contributed by atoms with van der Waals surface area (Å²) in [6.45, 7) is 4.39. The molecule has 0 aromatic heterocycles. The molecule has 3 nitrogen and oxygen atoms in total. The zero-order chi connectivity index (χ0) is 12.1. The van der Waals surface area contributed by atoms with Gasteiger partial charge < -0.3 is 10.5 Å². The van der Waals surface area contributed by atoms with Gasteiger partial charge in [0, 0.05) is 24.1 Å². The zero-order valence-corrected chi connectivity index (χ0v) is 10.7. The van der Waals surface area contributed by atoms with Crippen LogP contribution < -0.4 is 5.73 Å². The molecule has 0 amide bonds. The molecule has 0 saturated carbocycles. The van der Waals surface area contributed by atoms with E-state index in [-0.39, 0.29) is 5.12 Å². The quantitative estimate of drug-likeness (QED) is 0.647. The van der Waals surface area contributed by atoms with E-state index in [1.165, 1.54) is 11.8 Å². The second kappa shape index (κ2) is 5.92. The number of hydrogen-bond acceptors (Lipinski definition) is 4. The van der Waals surface area contributed by atoms with Crippen LogP contribution >= 0.6 is 11.8 Å². The third-order valence-electron chi connectivity index (χ3n) is 2.44. The summed E-state index contributed by atoms with van der Waals surface area (Å²) >= 11 is 1.27. The van der Waals surface area contributed by atoms with Crippen LogP contribution in [0.4, 0.5) is 5.69 Å². The monoisotopic (exact) mass is 239 g/mol. The van der Waals surface area contributed by atoms with Crippen molar-refractivity contribution in [2.45, 2.75) is 13.8 Å². The van der Waals surface area contributed by atoms with Gasteiger partial charge in [0.1, 0.15) is 0 Å². The molecule has 88 valence electrons. The van der Waals surface area contributed by atoms with Crippen molar-refractivity contribution in [2.24, 2.45) is 0 Å². The Bertz CT molecular complexity index is 391. The number of rotatable bonds is 4. The van der Waals surface area contributed by atoms with Crippen molar-refractivity contribution in [3.63, 3.8) is 0 Å². The molecule has 0 bridgehead atoms. The average molecular weight is 239 g/mol. The normalized spacial score (nSPS) is 10.4. The molecule has 1 aromatic carbocycles. The minimum atomic E-state index is 0.0688. The first-order valence-corrected chi connectivity index (χ1v) is 6.08. The summed E-state index contributed by atoms with van der Waals surface area (Å²) in [4.78, 5) is 12.0. The summed E-state index contributed by atoms with van der Waals surface area (Å²) in [5.74, 6) is 0.670. The Kier molecular flexibility index (Phi) is 4.83. The van der Waals surface area contributed by atoms with Gasteiger partial charge in [0.2, 0.25) is 5.12 Å². The highest BCUT2D eigenvalue weighted by Crippen LogP contribution is 2.24. The van der Waals surface area contributed by atoms with E-state index in [4.69, 9.17) is 10.5 Å². The third-order valence-corrected chi connectivity index (χ3v) is 3.28. The van der Waals surface area contributed by atoms with Crippen LogP contribution in [0.15, 0.2) is 12.1 Å². The fourth-order valence-electron chi connectivity index (χ4n) is 1.47. The fourth-order valence-corrected chi connectivity index (χ4v) is 2.36. The molecule has 16 heavy (non-hydrogen) atoms. The summed E-state index contributed by atoms with van der Waals surface area (Å²) in [5, 5.41) is 0.0688. The van der Waals surface area contributed by atoms with Gasteiger partial charge in [0.25, 0.3) is 0 Å². The maximum Gasteiger partial charge on any atom is 0.220 e. The first kappa shape index (κ1) is 13.1. The number of hydrogen-bond donors (Lipinski definition) is 1. The third kappa shape index (κ3) is 3.00. The summed E-state index contributed by atoms with van der Waals surface area (Å²) in [7, 11) is 1.63. The first-order chi connectivity index (χ1) is 7.57. The fraction of sp³-hybridized carbons (Fsp3) is 0.417. The highest BCUT2D eigenvalue weighted by atomic mass is 32.2. The van der Waals surface area contributed by atoms with Crippen LogP contribution in [0, 0.1) is 13.8 Å². The van der Waals surface area contributed by atoms with Crippen molar-refractivity contribution in [3.05, 3.63) is 28.8 Å². The first-order valence-electron chi connectivity index (χ1n) is 5.09. The van der Waals surface area contributed by atoms with Crippen molar-refractivity contribution in [2.75, 3.05) is 25.2 Å². The topological polar surface area (TPSA) is 52.3 Å². The van der Waals surface area contributed by atoms with E-state index < -0.39 is 0 Å². The Balaban J connectivity index is 2.86. The number of ether oxygens (including phenoxy) is 1. The van der Waals surface area contributed by atoms with Crippen LogP contribution in [-0.4, -0.2) is 24.6 Å². The van der Waals surface area contributed by atoms with E-state index in [1.54, 1.807) is 7.11 Å². The molecule has 2 N–H and O–H groups in total. The molecular weight excluding hydrogens is 222 g/mol. The minimum absolute atomic E-state index is 0.0688. The van der Waals surface area contributed by atoms with Crippen LogP contribution in [0.3, 0.4) is 0 Å². The molecule has 0 atom stereocenters. The van der Waals surface area contributed by atoms with Gasteiger partial charge >= 0.3 is 0 Å². The SMILES string of the molecule is COCCSC(=O)c1c(C)ccc(N)c1C. The van der Waals surface area contributed by atoms with Gasteiger partial charge in [-0.1, -0.05) is 17.8 Å². The maximum absolute atomic E-state index is 12.0. The smallest absolute Gasteiger partial charge is 0.220 e. The van der Waals surface area contributed by atoms with Gasteiger partial charge in [0.15, 0.2) is 0 Å². The number of aryl methyl sites for hydroxylation is 1. The lowest BCUT2D eigenvalue weighted by molar-refractivity contribution is 0.108. The molecular formula is C12H17NO2S. The number of benzene rings is 1. The van der Waals surface area contributed by atoms with E-state index in [0.29, 0.717) is 18.0 Å². The number of nitrogen functional groups attached to an aromatic ring is 1. The lowest BCUT2D eigenvalue weighted by atomic mass is 10.0. The number of nitrogens with two attached hydrogens (primary N) is 1. The Morgan fingerprint density at radius 3 is 2.75 bits per heavy atom. The van der Waals surface area contributed by atoms with Crippen molar-refractivity contribution in [1.29, 1.82) is 0 Å². The van der Waals surface area contributed by atoms with Gasteiger partial charge in [-0.2, -0.15) is 0 Å². The minimum Gasteiger partial charge on any atom is -0.398 e. The van der Waals surface area contributed by atoms with Crippen molar-refractivity contribution >= 4 is 22.6 Å². The molecule has 0 spiro atoms. The maximum atomic E-state index is 12.0. The molecule has 4 heteroatoms. The number of thioether (sulfide) groups is 1. The molecule has 1 aromatic rings. The number of carbonyl (C=O) groups excluding carboxylic acids is 1. The Hall–Kier alpha value is -1.00. The largest absolute Gasteiger partial charge is 0.398 e. The van der Waals surface area contributed by atoms with E-state index in [0.717, 1.165) is 16.7 Å². The lowest BCUT2D eigenvalue weighted by Gasteiger charge is -2.10. The van der Waals surface area contributed by atoms with E-state index in [2.05, 4.69) is 0 Å². The second-order valence-corrected chi connectivity index (χ2v) is 4.67. The predicted molar refractivity (Wildman–Crippen MR) is 69.0 cm³/mol. The lowest BCUT2D eigenvalue weighted by Crippen LogP contribution is -2.05. The van der Waals surface area contributed by atoms with Crippen molar-refractivity contribution in [3.8, 4) is 0 Å². The van der Waals surface area contributed by atoms with E-state index >= 15 is 0 Å². The Morgan fingerprint density at radius 1 is 1.44 bits per heavy atom. The van der Waals surface area contributed by atoms with Gasteiger partial charge in [-0.05, 0) is 31.0 Å². The number of carbonyl (C=O) groups is 1. The molecule has 0 heterocycles. The molecule has 0 aliphatic heterocycles. The van der Waals surface area contributed by atoms with Gasteiger partial charge in [-0.3, -0.25) is 4.79 Å². The van der Waals surface area contributed by atoms with Crippen LogP contribution in [0.5, 0.6) is 0 Å². The van der Waals surface area contributed by atoms with Crippen LogP contribution in [0.25, 0.3) is 0 Å². The molecule has 0 aliphatic carbocycles. The van der Waals surface area contributed by atoms with Gasteiger partial charge in [-0.15, -0.1) is 0 Å². The Morgan fingerprint density at radius 2 is 2.12 bits per heavy atom. The highest BCUT2D eigenvalue weighted by molar-refractivity contribution is 8.14. The molecule has 1 rings (SSSR count). The summed E-state index contributed by atoms with van der Waals surface area (Å²) in [6, 6.07) is 3.72. The second-order valence-electron chi connectivity index (χ2n) is 3.60. The van der Waals surface area contributed by atoms with Crippen LogP contribution in [-0.2, 0) is 4.74 Å². The average Bonchev–Trinajstić information content (AvgIpc) is 2.24. The van der Waals surface area contributed by atoms with Crippen molar-refractivity contribution < 1.29 is 9.53 Å². The zero-order valence-electron chi connectivity index (χ0n) is 9.87.